The van der Waals surface area contributed by atoms with Gasteiger partial charge in [-0.2, -0.15) is 5.21 Å². The van der Waals surface area contributed by atoms with E-state index in [2.05, 4.69) is 47.2 Å². The van der Waals surface area contributed by atoms with Crippen LogP contribution in [0.4, 0.5) is 5.69 Å². The number of anilines is 1. The molecule has 0 spiro atoms. The minimum Gasteiger partial charge on any atom is -0.455 e. The molecule has 46 heavy (non-hydrogen) atoms. The minimum atomic E-state index is -0.713. The molecule has 13 heteroatoms. The average molecular weight is 705 g/mol. The van der Waals surface area contributed by atoms with Crippen LogP contribution >= 0.6 is 27.7 Å². The maximum Gasteiger partial charge on any atom is 0.250 e. The van der Waals surface area contributed by atoms with Crippen molar-refractivity contribution in [2.24, 2.45) is 0 Å². The van der Waals surface area contributed by atoms with Crippen LogP contribution in [-0.4, -0.2) is 67.5 Å². The third-order valence-corrected chi connectivity index (χ3v) is 9.67. The number of halogens is 1. The number of hydrogen-bond donors (Lipinski definition) is 4. The van der Waals surface area contributed by atoms with Gasteiger partial charge in [-0.15, -0.1) is 22.0 Å². The normalized spacial score (nSPS) is 15.9. The van der Waals surface area contributed by atoms with E-state index >= 15 is 0 Å². The van der Waals surface area contributed by atoms with Crippen molar-refractivity contribution in [3.05, 3.63) is 76.8 Å². The first-order valence-electron chi connectivity index (χ1n) is 14.9. The number of fused-ring (bicyclic) bond motifs is 2. The van der Waals surface area contributed by atoms with E-state index in [1.54, 1.807) is 23.6 Å². The summed E-state index contributed by atoms with van der Waals surface area (Å²) in [6.45, 7) is 6.16. The lowest BCUT2D eigenvalue weighted by Crippen LogP contribution is -2.52. The lowest BCUT2D eigenvalue weighted by molar-refractivity contribution is -0.127. The molecule has 0 saturated carbocycles. The summed E-state index contributed by atoms with van der Waals surface area (Å²) in [6.07, 6.45) is -0.375. The number of tetrazole rings is 1. The Morgan fingerprint density at radius 3 is 2.70 bits per heavy atom. The van der Waals surface area contributed by atoms with E-state index in [4.69, 9.17) is 4.42 Å². The highest BCUT2D eigenvalue weighted by Crippen LogP contribution is 2.42. The molecule has 6 rings (SSSR count). The Morgan fingerprint density at radius 2 is 1.93 bits per heavy atom. The number of hydrogen-bond acceptors (Lipinski definition) is 9. The van der Waals surface area contributed by atoms with E-state index in [0.717, 1.165) is 37.1 Å². The van der Waals surface area contributed by atoms with Gasteiger partial charge >= 0.3 is 0 Å². The number of benzene rings is 3. The highest BCUT2D eigenvalue weighted by Gasteiger charge is 2.33. The number of H-pyrrole nitrogens is 1. The Hall–Kier alpha value is -4.04. The van der Waals surface area contributed by atoms with E-state index in [0.29, 0.717) is 36.0 Å². The van der Waals surface area contributed by atoms with Crippen LogP contribution in [0.3, 0.4) is 0 Å². The number of thioether (sulfide) groups is 1. The first-order valence-corrected chi connectivity index (χ1v) is 16.7. The number of rotatable bonds is 10. The molecular weight excluding hydrogens is 670 g/mol. The first-order chi connectivity index (χ1) is 22.1. The number of carbonyl (C=O) groups is 2. The number of aromatic amines is 1. The van der Waals surface area contributed by atoms with Crippen molar-refractivity contribution in [3.63, 3.8) is 0 Å². The quantitative estimate of drug-likeness (QED) is 0.152. The fourth-order valence-electron chi connectivity index (χ4n) is 5.47. The summed E-state index contributed by atoms with van der Waals surface area (Å²) in [5.74, 6) is 1.09. The second kappa shape index (κ2) is 13.4. The van der Waals surface area contributed by atoms with Crippen molar-refractivity contribution < 1.29 is 19.1 Å². The first kappa shape index (κ1) is 31.9. The summed E-state index contributed by atoms with van der Waals surface area (Å²) in [5, 5.41) is 31.2. The molecule has 5 aromatic rings. The number of aliphatic hydroxyl groups excluding tert-OH is 1. The number of nitrogens with zero attached hydrogens (tertiary/aromatic N) is 4. The fraction of sp³-hybridized carbons (Fsp3) is 0.303. The summed E-state index contributed by atoms with van der Waals surface area (Å²) in [5.41, 5.74) is 3.41. The standard InChI is InChI=1S/C33H34BrN7O4S/c1-19(42)16-35-33(2,3)15-28(43)36-24-18-46-27-11-7-6-10-25(27)41(32(24)44)17-20-12-13-26-23(14-20)29(34)30(45-26)21-8-4-5-9-22(21)31-37-39-40-38-31/h4-14,19,24,35,42H,15-18H2,1-3H3,(H,36,43)(H,37,38,39,40)/t19-,24-/m1/s1. The molecule has 0 aliphatic carbocycles. The third kappa shape index (κ3) is 6.87. The van der Waals surface area contributed by atoms with Crippen molar-refractivity contribution in [1.29, 1.82) is 0 Å². The second-order valence-corrected chi connectivity index (χ2v) is 13.8. The van der Waals surface area contributed by atoms with Crippen molar-refractivity contribution in [2.75, 3.05) is 17.2 Å². The van der Waals surface area contributed by atoms with Crippen LogP contribution in [0, 0.1) is 0 Å². The maximum absolute atomic E-state index is 14.1. The second-order valence-electron chi connectivity index (χ2n) is 12.0. The average Bonchev–Trinajstić information content (AvgIpc) is 3.66. The third-order valence-electron chi connectivity index (χ3n) is 7.73. The molecule has 3 heterocycles. The number of aromatic nitrogens is 4. The van der Waals surface area contributed by atoms with Gasteiger partial charge in [0.05, 0.1) is 22.8 Å². The molecule has 1 aliphatic rings. The van der Waals surface area contributed by atoms with Crippen LogP contribution in [-0.2, 0) is 16.1 Å². The molecule has 0 radical (unpaired) electrons. The number of carbonyl (C=O) groups excluding carboxylic acids is 2. The Kier molecular flexibility index (Phi) is 9.27. The summed E-state index contributed by atoms with van der Waals surface area (Å²) in [6, 6.07) is 20.6. The van der Waals surface area contributed by atoms with Crippen LogP contribution in [0.1, 0.15) is 32.8 Å². The number of β-amino-alcohol motifs (C(OH)–C–C–N with tert-alkyl or cyclic N) is 1. The Morgan fingerprint density at radius 1 is 1.17 bits per heavy atom. The minimum absolute atomic E-state index is 0.157. The Bertz CT molecular complexity index is 1880. The predicted molar refractivity (Wildman–Crippen MR) is 181 cm³/mol. The zero-order valence-corrected chi connectivity index (χ0v) is 28.0. The highest BCUT2D eigenvalue weighted by molar-refractivity contribution is 9.10. The van der Waals surface area contributed by atoms with Crippen LogP contribution in [0.2, 0.25) is 0 Å². The summed E-state index contributed by atoms with van der Waals surface area (Å²) >= 11 is 5.32. The molecule has 0 bridgehead atoms. The maximum atomic E-state index is 14.1. The van der Waals surface area contributed by atoms with Gasteiger partial charge in [-0.25, -0.2) is 0 Å². The van der Waals surface area contributed by atoms with Crippen molar-refractivity contribution in [2.45, 2.75) is 56.3 Å². The molecule has 0 fully saturated rings. The highest BCUT2D eigenvalue weighted by atomic mass is 79.9. The topological polar surface area (TPSA) is 149 Å². The van der Waals surface area contributed by atoms with E-state index in [9.17, 15) is 14.7 Å². The molecule has 0 saturated heterocycles. The van der Waals surface area contributed by atoms with E-state index in [1.807, 2.05) is 80.6 Å². The summed E-state index contributed by atoms with van der Waals surface area (Å²) in [4.78, 5) is 30.0. The van der Waals surface area contributed by atoms with Gasteiger partial charge in [0.15, 0.2) is 0 Å². The molecule has 1 aliphatic heterocycles. The van der Waals surface area contributed by atoms with Gasteiger partial charge in [-0.05, 0) is 71.7 Å². The van der Waals surface area contributed by atoms with Gasteiger partial charge in [0, 0.05) is 45.7 Å². The monoisotopic (exact) mass is 703 g/mol. The SMILES string of the molecule is C[C@@H](O)CNC(C)(C)CC(=O)N[C@@H]1CSc2ccccc2N(Cc2ccc3oc(-c4ccccc4-c4nn[nH]n4)c(Br)c3c2)C1=O. The van der Waals surface area contributed by atoms with Crippen molar-refractivity contribution >= 4 is 56.2 Å². The largest absolute Gasteiger partial charge is 0.455 e. The number of para-hydroxylation sites is 1. The Balaban J connectivity index is 1.27. The molecule has 2 atom stereocenters. The van der Waals surface area contributed by atoms with Gasteiger partial charge in [0.1, 0.15) is 17.4 Å². The zero-order chi connectivity index (χ0) is 32.4. The van der Waals surface area contributed by atoms with E-state index in [-0.39, 0.29) is 18.2 Å². The molecule has 2 aromatic heterocycles. The predicted octanol–water partition coefficient (Wildman–Crippen LogP) is 5.31. The van der Waals surface area contributed by atoms with Crippen LogP contribution in [0.25, 0.3) is 33.7 Å². The van der Waals surface area contributed by atoms with Gasteiger partial charge in [0.25, 0.3) is 5.91 Å². The molecular formula is C33H34BrN7O4S. The lowest BCUT2D eigenvalue weighted by atomic mass is 9.99. The number of furan rings is 1. The molecule has 11 nitrogen and oxygen atoms in total. The van der Waals surface area contributed by atoms with Crippen LogP contribution < -0.4 is 15.5 Å². The molecule has 3 aromatic carbocycles. The van der Waals surface area contributed by atoms with E-state index in [1.165, 1.54) is 0 Å². The van der Waals surface area contributed by atoms with E-state index < -0.39 is 17.7 Å². The summed E-state index contributed by atoms with van der Waals surface area (Å²) in [7, 11) is 0. The van der Waals surface area contributed by atoms with Gasteiger partial charge < -0.3 is 25.1 Å². The van der Waals surface area contributed by atoms with Crippen molar-refractivity contribution in [1.82, 2.24) is 31.3 Å². The molecule has 4 N–H and O–H groups in total. The molecule has 2 amide bonds. The fourth-order valence-corrected chi connectivity index (χ4v) is 7.15. The lowest BCUT2D eigenvalue weighted by Gasteiger charge is -2.29. The zero-order valence-electron chi connectivity index (χ0n) is 25.6. The van der Waals surface area contributed by atoms with Crippen LogP contribution in [0.5, 0.6) is 0 Å². The van der Waals surface area contributed by atoms with Gasteiger partial charge in [-0.3, -0.25) is 9.59 Å². The smallest absolute Gasteiger partial charge is 0.250 e. The summed E-state index contributed by atoms with van der Waals surface area (Å²) < 4.78 is 7.09. The number of aliphatic hydroxyl groups is 1. The number of nitrogens with one attached hydrogen (secondary N) is 3. The van der Waals surface area contributed by atoms with Crippen LogP contribution in [0.15, 0.2) is 80.5 Å². The van der Waals surface area contributed by atoms with Gasteiger partial charge in [0.2, 0.25) is 11.7 Å². The number of amides is 2. The molecule has 238 valence electrons. The van der Waals surface area contributed by atoms with Gasteiger partial charge in [-0.1, -0.05) is 42.5 Å². The van der Waals surface area contributed by atoms with Crippen molar-refractivity contribution in [3.8, 4) is 22.7 Å². The Labute approximate surface area is 278 Å². The molecule has 0 unspecified atom stereocenters.